The van der Waals surface area contributed by atoms with Gasteiger partial charge in [0.1, 0.15) is 13.2 Å². The van der Waals surface area contributed by atoms with Crippen LogP contribution >= 0.6 is 0 Å². The molecule has 0 rings (SSSR count). The number of esters is 2. The molecule has 14 heteroatoms. The zero-order valence-electron chi connectivity index (χ0n) is 19.8. The topological polar surface area (TPSA) is 165 Å². The van der Waals surface area contributed by atoms with Gasteiger partial charge in [0.15, 0.2) is 0 Å². The lowest BCUT2D eigenvalue weighted by molar-refractivity contribution is -0.138. The third kappa shape index (κ3) is 13.6. The molecule has 4 amide bonds. The first-order valence-corrected chi connectivity index (χ1v) is 12.8. The van der Waals surface area contributed by atoms with Crippen LogP contribution in [0.4, 0.5) is 9.59 Å². The first kappa shape index (κ1) is 31.1. The average Bonchev–Trinajstić information content (AvgIpc) is 2.85. The first-order chi connectivity index (χ1) is 16.3. The smallest absolute Gasteiger partial charge is 0.364 e. The fourth-order valence-corrected chi connectivity index (χ4v) is 4.26. The van der Waals surface area contributed by atoms with Crippen molar-refractivity contribution in [2.45, 2.75) is 12.5 Å². The van der Waals surface area contributed by atoms with Crippen LogP contribution in [0.3, 0.4) is 0 Å². The van der Waals surface area contributed by atoms with Crippen LogP contribution in [0.1, 0.15) is 6.42 Å². The molecule has 0 unspecified atom stereocenters. The molecular weight excluding hydrogens is 468 g/mol. The van der Waals surface area contributed by atoms with Gasteiger partial charge in [-0.2, -0.15) is 0 Å². The van der Waals surface area contributed by atoms with Crippen LogP contribution in [0.2, 0.25) is 6.04 Å². The Morgan fingerprint density at radius 1 is 0.882 bits per heavy atom. The van der Waals surface area contributed by atoms with E-state index < -0.39 is 32.6 Å². The van der Waals surface area contributed by atoms with Crippen LogP contribution in [0, 0.1) is 0 Å². The minimum Gasteiger partial charge on any atom is -0.461 e. The van der Waals surface area contributed by atoms with E-state index >= 15 is 0 Å². The normalized spacial score (nSPS) is 10.6. The number of ether oxygens (including phenoxy) is 2. The quantitative estimate of drug-likeness (QED) is 0.0826. The van der Waals surface area contributed by atoms with Gasteiger partial charge in [0.05, 0.1) is 19.3 Å². The third-order valence-corrected chi connectivity index (χ3v) is 7.60. The lowest BCUT2D eigenvalue weighted by Gasteiger charge is -2.27. The average molecular weight is 505 g/mol. The zero-order valence-corrected chi connectivity index (χ0v) is 20.8. The highest BCUT2D eigenvalue weighted by Crippen LogP contribution is 2.14. The largest absolute Gasteiger partial charge is 0.461 e. The summed E-state index contributed by atoms with van der Waals surface area (Å²) >= 11 is 0. The Hall–Kier alpha value is -2.94. The molecule has 0 aliphatic carbocycles. The van der Waals surface area contributed by atoms with E-state index in [0.717, 1.165) is 12.2 Å². The molecule has 0 aromatic carbocycles. The number of amides is 4. The van der Waals surface area contributed by atoms with Gasteiger partial charge in [0.2, 0.25) is 0 Å². The maximum absolute atomic E-state index is 12.6. The summed E-state index contributed by atoms with van der Waals surface area (Å²) in [6, 6.07) is -0.453. The lowest BCUT2D eigenvalue weighted by Crippen LogP contribution is -2.48. The van der Waals surface area contributed by atoms with Crippen molar-refractivity contribution in [3.63, 3.8) is 0 Å². The fourth-order valence-electron chi connectivity index (χ4n) is 2.57. The number of rotatable bonds is 18. The van der Waals surface area contributed by atoms with Gasteiger partial charge in [-0.3, -0.25) is 0 Å². The highest BCUT2D eigenvalue weighted by Gasteiger charge is 2.34. The fraction of sp³-hybridized carbons (Fsp3) is 0.600. The molecular formula is C20H36N4O9Si. The molecule has 34 heavy (non-hydrogen) atoms. The second-order valence-electron chi connectivity index (χ2n) is 6.73. The molecule has 0 heterocycles. The monoisotopic (exact) mass is 504 g/mol. The number of carbonyl (C=O) groups is 4. The van der Waals surface area contributed by atoms with Gasteiger partial charge in [-0.25, -0.2) is 19.2 Å². The molecule has 0 radical (unpaired) electrons. The molecule has 0 bridgehead atoms. The summed E-state index contributed by atoms with van der Waals surface area (Å²) in [5.41, 5.74) is 0. The minimum absolute atomic E-state index is 0.00126. The Morgan fingerprint density at radius 2 is 1.41 bits per heavy atom. The Balaban J connectivity index is 4.64. The standard InChI is InChI=1S/C20H36N4O9Si/c1-5-17(26)32-13-9-22-19(28)21-8-12-24(11-7-15-34(16-25,30-3)31-4)20(29)23-10-14-33-18(27)6-2/h5-6,25H,1-2,7-16H2,3-4H3,(H,23,29)(H2,21,22,28). The zero-order chi connectivity index (χ0) is 25.8. The summed E-state index contributed by atoms with van der Waals surface area (Å²) < 4.78 is 20.3. The molecule has 0 aliphatic heterocycles. The Morgan fingerprint density at radius 3 is 1.91 bits per heavy atom. The van der Waals surface area contributed by atoms with Gasteiger partial charge in [-0.15, -0.1) is 0 Å². The number of hydrogen-bond donors (Lipinski definition) is 4. The van der Waals surface area contributed by atoms with Crippen LogP contribution in [0.15, 0.2) is 25.3 Å². The van der Waals surface area contributed by atoms with E-state index in [9.17, 15) is 24.3 Å². The second kappa shape index (κ2) is 18.5. The first-order valence-electron chi connectivity index (χ1n) is 10.6. The predicted octanol–water partition coefficient (Wildman–Crippen LogP) is -0.588. The predicted molar refractivity (Wildman–Crippen MR) is 125 cm³/mol. The molecule has 4 N–H and O–H groups in total. The van der Waals surface area contributed by atoms with Crippen molar-refractivity contribution in [1.29, 1.82) is 0 Å². The van der Waals surface area contributed by atoms with Gasteiger partial charge in [-0.05, 0) is 12.5 Å². The molecule has 13 nitrogen and oxygen atoms in total. The van der Waals surface area contributed by atoms with Crippen molar-refractivity contribution >= 4 is 32.6 Å². The summed E-state index contributed by atoms with van der Waals surface area (Å²) in [7, 11) is 0.211. The van der Waals surface area contributed by atoms with E-state index in [1.165, 1.54) is 19.1 Å². The number of nitrogens with zero attached hydrogens (tertiary/aromatic N) is 1. The Bertz CT molecular complexity index is 666. The third-order valence-electron chi connectivity index (χ3n) is 4.51. The summed E-state index contributed by atoms with van der Waals surface area (Å²) in [4.78, 5) is 47.9. The molecule has 0 spiro atoms. The molecule has 0 aromatic rings. The highest BCUT2D eigenvalue weighted by atomic mass is 28.4. The maximum Gasteiger partial charge on any atom is 0.364 e. The summed E-state index contributed by atoms with van der Waals surface area (Å²) in [5, 5.41) is 17.3. The van der Waals surface area contributed by atoms with Gasteiger partial charge in [0, 0.05) is 46.0 Å². The van der Waals surface area contributed by atoms with Gasteiger partial charge in [0.25, 0.3) is 0 Å². The van der Waals surface area contributed by atoms with Crippen molar-refractivity contribution in [1.82, 2.24) is 20.9 Å². The molecule has 0 saturated carbocycles. The van der Waals surface area contributed by atoms with E-state index in [1.807, 2.05) is 0 Å². The van der Waals surface area contributed by atoms with E-state index in [4.69, 9.17) is 18.3 Å². The molecule has 194 valence electrons. The minimum atomic E-state index is -2.74. The van der Waals surface area contributed by atoms with Crippen LogP contribution in [-0.4, -0.2) is 109 Å². The van der Waals surface area contributed by atoms with Crippen LogP contribution < -0.4 is 16.0 Å². The Labute approximate surface area is 200 Å². The van der Waals surface area contributed by atoms with Crippen LogP contribution in [0.25, 0.3) is 0 Å². The number of aliphatic hydroxyl groups is 1. The molecule has 0 atom stereocenters. The highest BCUT2D eigenvalue weighted by molar-refractivity contribution is 6.67. The number of hydrogen-bond acceptors (Lipinski definition) is 9. The maximum atomic E-state index is 12.6. The van der Waals surface area contributed by atoms with Crippen LogP contribution in [-0.2, 0) is 27.9 Å². The summed E-state index contributed by atoms with van der Waals surface area (Å²) in [6.45, 7) is 7.38. The molecule has 0 aromatic heterocycles. The lowest BCUT2D eigenvalue weighted by atomic mass is 10.4. The van der Waals surface area contributed by atoms with Crippen LogP contribution in [0.5, 0.6) is 0 Å². The SMILES string of the molecule is C=CC(=O)OCCNC(=O)NCCN(CCC[Si](CO)(OC)OC)C(=O)NCCOC(=O)C=C. The molecule has 0 fully saturated rings. The second-order valence-corrected chi connectivity index (χ2v) is 10.2. The van der Waals surface area contributed by atoms with Crippen molar-refractivity contribution < 1.29 is 42.6 Å². The van der Waals surface area contributed by atoms with Crippen molar-refractivity contribution in [3.8, 4) is 0 Å². The number of urea groups is 2. The van der Waals surface area contributed by atoms with E-state index in [-0.39, 0.29) is 45.6 Å². The van der Waals surface area contributed by atoms with E-state index in [1.54, 1.807) is 0 Å². The number of nitrogens with one attached hydrogen (secondary N) is 3. The van der Waals surface area contributed by atoms with Gasteiger partial charge >= 0.3 is 32.6 Å². The van der Waals surface area contributed by atoms with Crippen molar-refractivity contribution in [3.05, 3.63) is 25.3 Å². The van der Waals surface area contributed by atoms with Crippen molar-refractivity contribution in [2.24, 2.45) is 0 Å². The number of aliphatic hydroxyl groups excluding tert-OH is 1. The number of carbonyl (C=O) groups excluding carboxylic acids is 4. The van der Waals surface area contributed by atoms with Crippen molar-refractivity contribution in [2.75, 3.05) is 66.4 Å². The Kier molecular flexibility index (Phi) is 16.9. The molecule has 0 saturated heterocycles. The molecule has 0 aliphatic rings. The van der Waals surface area contributed by atoms with Gasteiger partial charge in [-0.1, -0.05) is 13.2 Å². The summed E-state index contributed by atoms with van der Waals surface area (Å²) in [6.07, 6.45) is 2.33. The summed E-state index contributed by atoms with van der Waals surface area (Å²) in [5.74, 6) is -1.18. The van der Waals surface area contributed by atoms with E-state index in [0.29, 0.717) is 19.0 Å². The van der Waals surface area contributed by atoms with Gasteiger partial charge < -0.3 is 44.3 Å². The van der Waals surface area contributed by atoms with E-state index in [2.05, 4.69) is 29.1 Å².